The van der Waals surface area contributed by atoms with Crippen molar-refractivity contribution >= 4 is 11.8 Å². The zero-order valence-corrected chi connectivity index (χ0v) is 10.8. The van der Waals surface area contributed by atoms with Gasteiger partial charge in [-0.05, 0) is 48.7 Å². The van der Waals surface area contributed by atoms with Crippen LogP contribution in [0.25, 0.3) is 0 Å². The van der Waals surface area contributed by atoms with Crippen molar-refractivity contribution in [1.29, 1.82) is 0 Å². The summed E-state index contributed by atoms with van der Waals surface area (Å²) in [5, 5.41) is 0. The van der Waals surface area contributed by atoms with Crippen LogP contribution in [-0.4, -0.2) is 5.51 Å². The summed E-state index contributed by atoms with van der Waals surface area (Å²) < 4.78 is 37.3. The van der Waals surface area contributed by atoms with E-state index in [0.717, 1.165) is 24.8 Å². The molecule has 0 unspecified atom stereocenters. The smallest absolute Gasteiger partial charge is 0.160 e. The minimum Gasteiger partial charge on any atom is -0.160 e. The second-order valence-corrected chi connectivity index (χ2v) is 5.38. The molecule has 0 saturated heterocycles. The molecule has 0 atom stereocenters. The number of hydrogen-bond donors (Lipinski definition) is 0. The molecule has 0 nitrogen and oxygen atoms in total. The van der Waals surface area contributed by atoms with Gasteiger partial charge in [-0.15, -0.1) is 0 Å². The third-order valence-electron chi connectivity index (χ3n) is 2.67. The number of alkyl halides is 3. The van der Waals surface area contributed by atoms with Crippen molar-refractivity contribution in [2.45, 2.75) is 36.6 Å². The monoisotopic (exact) mass is 270 g/mol. The Bertz CT molecular complexity index is 490. The fraction of sp³-hybridized carbons (Fsp3) is 0.429. The maximum atomic E-state index is 12.4. The van der Waals surface area contributed by atoms with Gasteiger partial charge in [0, 0.05) is 16.4 Å². The number of benzene rings is 1. The molecule has 4 heteroatoms. The van der Waals surface area contributed by atoms with Crippen LogP contribution in [0.1, 0.15) is 30.9 Å². The third kappa shape index (κ3) is 3.99. The topological polar surface area (TPSA) is 0 Å². The minimum atomic E-state index is -4.26. The van der Waals surface area contributed by atoms with Gasteiger partial charge in [0.2, 0.25) is 0 Å². The lowest BCUT2D eigenvalue weighted by Gasteiger charge is -2.09. The van der Waals surface area contributed by atoms with Crippen LogP contribution >= 0.6 is 11.8 Å². The lowest BCUT2D eigenvalue weighted by molar-refractivity contribution is -0.0328. The van der Waals surface area contributed by atoms with Gasteiger partial charge in [-0.1, -0.05) is 24.8 Å². The van der Waals surface area contributed by atoms with E-state index in [4.69, 9.17) is 0 Å². The Morgan fingerprint density at radius 2 is 2.06 bits per heavy atom. The molecular formula is C14H13F3S. The molecule has 0 bridgehead atoms. The predicted molar refractivity (Wildman–Crippen MR) is 67.3 cm³/mol. The van der Waals surface area contributed by atoms with Crippen LogP contribution in [-0.2, 0) is 6.42 Å². The second-order valence-electron chi connectivity index (χ2n) is 4.28. The highest BCUT2D eigenvalue weighted by atomic mass is 32.2. The molecule has 1 saturated carbocycles. The molecule has 1 fully saturated rings. The molecule has 0 radical (unpaired) electrons. The van der Waals surface area contributed by atoms with Crippen molar-refractivity contribution < 1.29 is 13.2 Å². The zero-order chi connectivity index (χ0) is 13.2. The summed E-state index contributed by atoms with van der Waals surface area (Å²) in [6, 6.07) is 5.02. The second kappa shape index (κ2) is 5.27. The molecule has 0 N–H and O–H groups in total. The van der Waals surface area contributed by atoms with Gasteiger partial charge in [0.15, 0.2) is 0 Å². The number of aryl methyl sites for hydroxylation is 1. The Labute approximate surface area is 109 Å². The van der Waals surface area contributed by atoms with Crippen LogP contribution in [0.3, 0.4) is 0 Å². The number of rotatable bonds is 2. The van der Waals surface area contributed by atoms with Crippen LogP contribution in [0.5, 0.6) is 0 Å². The van der Waals surface area contributed by atoms with Gasteiger partial charge < -0.3 is 0 Å². The Morgan fingerprint density at radius 3 is 2.61 bits per heavy atom. The van der Waals surface area contributed by atoms with E-state index in [9.17, 15) is 13.2 Å². The molecule has 0 aliphatic heterocycles. The summed E-state index contributed by atoms with van der Waals surface area (Å²) >= 11 is -0.0839. The summed E-state index contributed by atoms with van der Waals surface area (Å²) in [5.74, 6) is 6.31. The SMILES string of the molecule is CCc1ccc(SC(F)(F)F)c(C#CC2CC2)c1. The largest absolute Gasteiger partial charge is 0.446 e. The van der Waals surface area contributed by atoms with Crippen LogP contribution in [0.2, 0.25) is 0 Å². The lowest BCUT2D eigenvalue weighted by Crippen LogP contribution is -2.00. The van der Waals surface area contributed by atoms with Gasteiger partial charge in [0.05, 0.1) is 0 Å². The molecule has 96 valence electrons. The van der Waals surface area contributed by atoms with Crippen molar-refractivity contribution in [2.75, 3.05) is 0 Å². The molecule has 0 spiro atoms. The number of thioether (sulfide) groups is 1. The molecular weight excluding hydrogens is 257 g/mol. The maximum absolute atomic E-state index is 12.4. The van der Waals surface area contributed by atoms with Gasteiger partial charge in [-0.25, -0.2) is 0 Å². The molecule has 0 heterocycles. The minimum absolute atomic E-state index is 0.0839. The lowest BCUT2D eigenvalue weighted by atomic mass is 10.1. The summed E-state index contributed by atoms with van der Waals surface area (Å²) in [4.78, 5) is 0.202. The first kappa shape index (κ1) is 13.4. The van der Waals surface area contributed by atoms with Crippen LogP contribution < -0.4 is 0 Å². The first-order valence-electron chi connectivity index (χ1n) is 5.88. The van der Waals surface area contributed by atoms with Crippen molar-refractivity contribution in [3.63, 3.8) is 0 Å². The highest BCUT2D eigenvalue weighted by molar-refractivity contribution is 8.00. The van der Waals surface area contributed by atoms with Gasteiger partial charge >= 0.3 is 5.51 Å². The normalized spacial score (nSPS) is 15.1. The molecule has 1 aromatic carbocycles. The predicted octanol–water partition coefficient (Wildman–Crippen LogP) is 4.62. The summed E-state index contributed by atoms with van der Waals surface area (Å²) in [5.41, 5.74) is -2.74. The first-order valence-corrected chi connectivity index (χ1v) is 6.70. The molecule has 0 amide bonds. The molecule has 0 aromatic heterocycles. The van der Waals surface area contributed by atoms with E-state index in [0.29, 0.717) is 11.5 Å². The van der Waals surface area contributed by atoms with Crippen molar-refractivity contribution in [3.05, 3.63) is 29.3 Å². The van der Waals surface area contributed by atoms with Gasteiger partial charge in [0.25, 0.3) is 0 Å². The molecule has 18 heavy (non-hydrogen) atoms. The summed E-state index contributed by atoms with van der Waals surface area (Å²) in [6.45, 7) is 1.98. The molecule has 2 rings (SSSR count). The van der Waals surface area contributed by atoms with E-state index in [1.807, 2.05) is 6.92 Å². The Hall–Kier alpha value is -1.08. The number of hydrogen-bond acceptors (Lipinski definition) is 1. The van der Waals surface area contributed by atoms with E-state index in [-0.39, 0.29) is 16.7 Å². The highest BCUT2D eigenvalue weighted by Gasteiger charge is 2.30. The first-order chi connectivity index (χ1) is 8.48. The van der Waals surface area contributed by atoms with E-state index < -0.39 is 5.51 Å². The number of halogens is 3. The fourth-order valence-electron chi connectivity index (χ4n) is 1.52. The van der Waals surface area contributed by atoms with Gasteiger partial charge in [0.1, 0.15) is 0 Å². The Balaban J connectivity index is 2.29. The van der Waals surface area contributed by atoms with Crippen molar-refractivity contribution in [3.8, 4) is 11.8 Å². The Morgan fingerprint density at radius 1 is 1.33 bits per heavy atom. The van der Waals surface area contributed by atoms with Crippen LogP contribution in [0, 0.1) is 17.8 Å². The van der Waals surface area contributed by atoms with Crippen molar-refractivity contribution in [1.82, 2.24) is 0 Å². The van der Waals surface area contributed by atoms with Crippen LogP contribution in [0.15, 0.2) is 23.1 Å². The maximum Gasteiger partial charge on any atom is 0.446 e. The molecule has 1 aliphatic rings. The van der Waals surface area contributed by atoms with E-state index in [1.165, 1.54) is 6.07 Å². The third-order valence-corrected chi connectivity index (χ3v) is 3.47. The zero-order valence-electron chi connectivity index (χ0n) is 9.97. The fourth-order valence-corrected chi connectivity index (χ4v) is 2.12. The quantitative estimate of drug-likeness (QED) is 0.558. The standard InChI is InChI=1S/C14H13F3S/c1-2-10-6-8-13(18-14(15,16)17)12(9-10)7-5-11-3-4-11/h6,8-9,11H,2-4H2,1H3. The van der Waals surface area contributed by atoms with E-state index >= 15 is 0 Å². The van der Waals surface area contributed by atoms with Gasteiger partial charge in [-0.2, -0.15) is 13.2 Å². The van der Waals surface area contributed by atoms with E-state index in [2.05, 4.69) is 11.8 Å². The molecule has 1 aliphatic carbocycles. The van der Waals surface area contributed by atoms with Crippen molar-refractivity contribution in [2.24, 2.45) is 5.92 Å². The Kier molecular flexibility index (Phi) is 3.91. The molecule has 1 aromatic rings. The highest BCUT2D eigenvalue weighted by Crippen LogP contribution is 2.38. The summed E-state index contributed by atoms with van der Waals surface area (Å²) in [7, 11) is 0. The average Bonchev–Trinajstić information content (AvgIpc) is 3.09. The average molecular weight is 270 g/mol. The van der Waals surface area contributed by atoms with Crippen LogP contribution in [0.4, 0.5) is 13.2 Å². The van der Waals surface area contributed by atoms with E-state index in [1.54, 1.807) is 12.1 Å². The summed E-state index contributed by atoms with van der Waals surface area (Å²) in [6.07, 6.45) is 2.94. The van der Waals surface area contributed by atoms with Gasteiger partial charge in [-0.3, -0.25) is 0 Å².